The van der Waals surface area contributed by atoms with Crippen molar-refractivity contribution in [3.63, 3.8) is 0 Å². The van der Waals surface area contributed by atoms with Crippen LogP contribution in [0.4, 0.5) is 23.4 Å². The van der Waals surface area contributed by atoms with E-state index in [1.807, 2.05) is 0 Å². The average Bonchev–Trinajstić information content (AvgIpc) is 3.56. The Kier molecular flexibility index (Phi) is 8.17. The smallest absolute Gasteiger partial charge is 0.388 e. The predicted octanol–water partition coefficient (Wildman–Crippen LogP) is 3.95. The fourth-order valence-corrected chi connectivity index (χ4v) is 4.08. The molecule has 5 heterocycles. The third-order valence-corrected chi connectivity index (χ3v) is 5.59. The zero-order chi connectivity index (χ0) is 29.7. The number of rotatable bonds is 4. The number of nitrogens with one attached hydrogen (secondary N) is 1. The first-order valence-electron chi connectivity index (χ1n) is 11.6. The van der Waals surface area contributed by atoms with Gasteiger partial charge in [-0.05, 0) is 18.1 Å². The highest BCUT2D eigenvalue weighted by molar-refractivity contribution is 5.73. The van der Waals surface area contributed by atoms with Gasteiger partial charge in [0.1, 0.15) is 6.07 Å². The molecule has 5 aromatic rings. The molecule has 12 nitrogen and oxygen atoms in total. The molecule has 6 rings (SSSR count). The number of hydrogen-bond acceptors (Lipinski definition) is 9. The summed E-state index contributed by atoms with van der Waals surface area (Å²) in [7, 11) is 0. The molecular weight excluding hydrogens is 548 g/mol. The van der Waals surface area contributed by atoms with E-state index in [9.17, 15) is 22.4 Å². The highest BCUT2D eigenvalue weighted by Gasteiger charge is 2.35. The molecule has 1 aliphatic rings. The lowest BCUT2D eigenvalue weighted by Gasteiger charge is -2.18. The molecule has 210 valence electrons. The maximum atomic E-state index is 13.1. The summed E-state index contributed by atoms with van der Waals surface area (Å²) in [6.07, 6.45) is 7.18. The molecule has 0 bridgehead atoms. The Bertz CT molecular complexity index is 1740. The SMILES string of the molecule is C=C1CC(C)(C)c2c1cnc1cc(F)nn21.Fc1cc2ncccn2n1.N#Cc1nc(NC=O)cnc1OC(F)F. The second-order valence-corrected chi connectivity index (χ2v) is 8.97. The molecule has 1 amide bonds. The van der Waals surface area contributed by atoms with Gasteiger partial charge in [0.05, 0.1) is 11.9 Å². The predicted molar refractivity (Wildman–Crippen MR) is 136 cm³/mol. The Morgan fingerprint density at radius 1 is 1.15 bits per heavy atom. The summed E-state index contributed by atoms with van der Waals surface area (Å²) in [6.45, 7) is 5.17. The van der Waals surface area contributed by atoms with Crippen LogP contribution < -0.4 is 10.1 Å². The number of anilines is 1. The number of allylic oxidation sites excluding steroid dienone is 1. The van der Waals surface area contributed by atoms with E-state index in [-0.39, 0.29) is 11.2 Å². The highest BCUT2D eigenvalue weighted by Crippen LogP contribution is 2.43. The van der Waals surface area contributed by atoms with Crippen LogP contribution in [0.15, 0.2) is 49.6 Å². The maximum Gasteiger partial charge on any atom is 0.388 e. The fraction of sp³-hybridized carbons (Fsp3) is 0.200. The lowest BCUT2D eigenvalue weighted by molar-refractivity contribution is -0.105. The number of nitriles is 1. The van der Waals surface area contributed by atoms with Crippen molar-refractivity contribution in [2.24, 2.45) is 0 Å². The molecule has 41 heavy (non-hydrogen) atoms. The van der Waals surface area contributed by atoms with Gasteiger partial charge in [-0.25, -0.2) is 29.0 Å². The number of aromatic nitrogens is 8. The summed E-state index contributed by atoms with van der Waals surface area (Å²) in [5.74, 6) is -1.60. The number of ether oxygens (including phenoxy) is 1. The van der Waals surface area contributed by atoms with Crippen LogP contribution in [0.3, 0.4) is 0 Å². The number of fused-ring (bicyclic) bond motifs is 4. The number of carbonyl (C=O) groups excluding carboxylic acids is 1. The van der Waals surface area contributed by atoms with Crippen molar-refractivity contribution in [3.05, 3.63) is 78.4 Å². The van der Waals surface area contributed by atoms with Crippen molar-refractivity contribution in [1.29, 1.82) is 5.26 Å². The molecule has 0 saturated carbocycles. The van der Waals surface area contributed by atoms with Crippen molar-refractivity contribution >= 4 is 29.1 Å². The summed E-state index contributed by atoms with van der Waals surface area (Å²) >= 11 is 0. The Balaban J connectivity index is 0.000000145. The van der Waals surface area contributed by atoms with Gasteiger partial charge in [-0.2, -0.15) is 22.8 Å². The molecular formula is C25H20F4N10O2. The van der Waals surface area contributed by atoms with E-state index < -0.39 is 30.1 Å². The number of hydrogen-bond donors (Lipinski definition) is 1. The number of amides is 1. The molecule has 0 atom stereocenters. The fourth-order valence-electron chi connectivity index (χ4n) is 4.08. The van der Waals surface area contributed by atoms with Crippen LogP contribution >= 0.6 is 0 Å². The minimum Gasteiger partial charge on any atom is -0.414 e. The molecule has 0 saturated heterocycles. The molecule has 0 aromatic carbocycles. The maximum absolute atomic E-state index is 13.1. The van der Waals surface area contributed by atoms with Gasteiger partial charge in [-0.15, -0.1) is 10.2 Å². The van der Waals surface area contributed by atoms with E-state index in [2.05, 4.69) is 60.6 Å². The number of carbonyl (C=O) groups is 1. The second kappa shape index (κ2) is 11.7. The van der Waals surface area contributed by atoms with Crippen molar-refractivity contribution in [3.8, 4) is 11.9 Å². The van der Waals surface area contributed by atoms with Gasteiger partial charge in [0.2, 0.25) is 24.0 Å². The summed E-state index contributed by atoms with van der Waals surface area (Å²) in [5, 5.41) is 18.0. The van der Waals surface area contributed by atoms with Crippen molar-refractivity contribution in [2.45, 2.75) is 32.3 Å². The zero-order valence-electron chi connectivity index (χ0n) is 21.5. The third-order valence-electron chi connectivity index (χ3n) is 5.59. The van der Waals surface area contributed by atoms with Crippen LogP contribution in [0.2, 0.25) is 0 Å². The van der Waals surface area contributed by atoms with Gasteiger partial charge in [0.25, 0.3) is 5.88 Å². The normalized spacial score (nSPS) is 13.1. The second-order valence-electron chi connectivity index (χ2n) is 8.97. The number of halogens is 4. The van der Waals surface area contributed by atoms with Gasteiger partial charge in [-0.3, -0.25) is 4.79 Å². The summed E-state index contributed by atoms with van der Waals surface area (Å²) in [4.78, 5) is 25.0. The quantitative estimate of drug-likeness (QED) is 0.251. The molecule has 5 aromatic heterocycles. The Hall–Kier alpha value is -5.46. The summed E-state index contributed by atoms with van der Waals surface area (Å²) in [5.41, 5.74) is 3.64. The minimum absolute atomic E-state index is 0.0248. The largest absolute Gasteiger partial charge is 0.414 e. The highest BCUT2D eigenvalue weighted by atomic mass is 19.3. The number of alkyl halides is 2. The van der Waals surface area contributed by atoms with Crippen LogP contribution in [0.5, 0.6) is 5.88 Å². The van der Waals surface area contributed by atoms with Gasteiger partial charge in [0, 0.05) is 41.7 Å². The monoisotopic (exact) mass is 568 g/mol. The topological polar surface area (TPSA) is 148 Å². The van der Waals surface area contributed by atoms with Crippen molar-refractivity contribution in [2.75, 3.05) is 5.32 Å². The van der Waals surface area contributed by atoms with Crippen molar-refractivity contribution in [1.82, 2.24) is 39.2 Å². The average molecular weight is 568 g/mol. The van der Waals surface area contributed by atoms with Crippen LogP contribution in [-0.4, -0.2) is 52.2 Å². The van der Waals surface area contributed by atoms with Gasteiger partial charge >= 0.3 is 6.61 Å². The first-order valence-corrected chi connectivity index (χ1v) is 11.6. The van der Waals surface area contributed by atoms with E-state index in [0.29, 0.717) is 17.7 Å². The zero-order valence-corrected chi connectivity index (χ0v) is 21.5. The Labute approximate surface area is 229 Å². The van der Waals surface area contributed by atoms with Gasteiger partial charge < -0.3 is 10.1 Å². The standard InChI is InChI=1S/C12H12FN3.C7H4F2N4O2.C6H4FN3/c1-7-5-12(2,3)11-8(7)6-14-10-4-9(13)15-16(10)11;8-7(9)15-6-4(1-10)13-5(2-11-6)12-3-14;7-5-4-6-8-2-1-3-10(6)9-5/h4,6H,1,5H2,2-3H3;2-3,7H,(H,12,13,14);1-4H. The first-order chi connectivity index (χ1) is 19.5. The minimum atomic E-state index is -3.09. The van der Waals surface area contributed by atoms with Crippen LogP contribution in [0.25, 0.3) is 16.9 Å². The molecule has 0 aliphatic heterocycles. The summed E-state index contributed by atoms with van der Waals surface area (Å²) < 4.78 is 56.0. The molecule has 0 radical (unpaired) electrons. The van der Waals surface area contributed by atoms with E-state index >= 15 is 0 Å². The van der Waals surface area contributed by atoms with Crippen LogP contribution in [0, 0.1) is 23.2 Å². The van der Waals surface area contributed by atoms with E-state index in [4.69, 9.17) is 5.26 Å². The third kappa shape index (κ3) is 6.41. The molecule has 0 spiro atoms. The van der Waals surface area contributed by atoms with E-state index in [1.54, 1.807) is 29.2 Å². The van der Waals surface area contributed by atoms with Gasteiger partial charge in [0.15, 0.2) is 17.1 Å². The summed E-state index contributed by atoms with van der Waals surface area (Å²) in [6, 6.07) is 5.83. The molecule has 0 fully saturated rings. The van der Waals surface area contributed by atoms with E-state index in [1.165, 1.54) is 22.7 Å². The molecule has 0 unspecified atom stereocenters. The Morgan fingerprint density at radius 3 is 2.56 bits per heavy atom. The Morgan fingerprint density at radius 2 is 1.88 bits per heavy atom. The molecule has 16 heteroatoms. The molecule has 1 N–H and O–H groups in total. The van der Waals surface area contributed by atoms with E-state index in [0.717, 1.165) is 29.4 Å². The van der Waals surface area contributed by atoms with Gasteiger partial charge in [-0.1, -0.05) is 20.4 Å². The van der Waals surface area contributed by atoms with Crippen LogP contribution in [0.1, 0.15) is 37.2 Å². The first kappa shape index (κ1) is 28.5. The number of nitrogens with zero attached hydrogens (tertiary/aromatic N) is 9. The lowest BCUT2D eigenvalue weighted by atomic mass is 9.90. The van der Waals surface area contributed by atoms with Crippen molar-refractivity contribution < 1.29 is 27.1 Å². The molecule has 1 aliphatic carbocycles. The lowest BCUT2D eigenvalue weighted by Crippen LogP contribution is -2.17. The van der Waals surface area contributed by atoms with Crippen LogP contribution in [-0.2, 0) is 10.2 Å².